The lowest BCUT2D eigenvalue weighted by Gasteiger charge is -2.13. The van der Waals surface area contributed by atoms with Crippen molar-refractivity contribution in [2.75, 3.05) is 0 Å². The van der Waals surface area contributed by atoms with Crippen LogP contribution in [-0.4, -0.2) is 8.80 Å². The van der Waals surface area contributed by atoms with Crippen molar-refractivity contribution in [3.05, 3.63) is 0 Å². The number of hydrogen-bond acceptors (Lipinski definition) is 0. The first-order valence-electron chi connectivity index (χ1n) is 6.18. The number of rotatable bonds is 9. The van der Waals surface area contributed by atoms with Crippen molar-refractivity contribution >= 4 is 8.80 Å². The summed E-state index contributed by atoms with van der Waals surface area (Å²) in [5.74, 6) is 0. The van der Waals surface area contributed by atoms with Gasteiger partial charge in [0.05, 0.1) is 0 Å². The van der Waals surface area contributed by atoms with Crippen LogP contribution in [0.1, 0.15) is 59.3 Å². The average Bonchev–Trinajstić information content (AvgIpc) is 2.17. The van der Waals surface area contributed by atoms with E-state index >= 15 is 0 Å². The molecule has 0 rings (SSSR count). The van der Waals surface area contributed by atoms with Gasteiger partial charge in [0.2, 0.25) is 0 Å². The fraction of sp³-hybridized carbons (Fsp3) is 1.00. The summed E-state index contributed by atoms with van der Waals surface area (Å²) in [5, 5.41) is 0. The Morgan fingerprint density at radius 2 is 0.929 bits per heavy atom. The molecule has 0 aliphatic heterocycles. The van der Waals surface area contributed by atoms with Crippen molar-refractivity contribution in [1.29, 1.82) is 0 Å². The van der Waals surface area contributed by atoms with Gasteiger partial charge >= 0.3 is 0 Å². The van der Waals surface area contributed by atoms with Crippen LogP contribution in [0.2, 0.25) is 18.1 Å². The van der Waals surface area contributed by atoms with Crippen molar-refractivity contribution in [1.82, 2.24) is 0 Å². The molecule has 0 fully saturated rings. The van der Waals surface area contributed by atoms with E-state index in [0.29, 0.717) is 0 Å². The van der Waals surface area contributed by atoms with Gasteiger partial charge in [-0.15, -0.1) is 0 Å². The molecule has 0 aromatic rings. The monoisotopic (exact) mass is 219 g/mol. The van der Waals surface area contributed by atoms with Crippen LogP contribution in [0, 0.1) is 0 Å². The van der Waals surface area contributed by atoms with Crippen molar-refractivity contribution in [2.45, 2.75) is 77.4 Å². The van der Waals surface area contributed by atoms with E-state index in [0.717, 1.165) is 0 Å². The van der Waals surface area contributed by atoms with Crippen molar-refractivity contribution in [3.63, 3.8) is 0 Å². The highest BCUT2D eigenvalue weighted by atomic mass is 28.3. The second-order valence-corrected chi connectivity index (χ2v) is 7.06. The molecule has 0 bridgehead atoms. The summed E-state index contributed by atoms with van der Waals surface area (Å²) in [6, 6.07) is 4.75. The van der Waals surface area contributed by atoms with Crippen LogP contribution in [0.25, 0.3) is 0 Å². The summed E-state index contributed by atoms with van der Waals surface area (Å²) in [6.07, 6.45) is 8.65. The zero-order chi connectivity index (χ0) is 9.94. The summed E-state index contributed by atoms with van der Waals surface area (Å²) >= 11 is 0. The van der Waals surface area contributed by atoms with Crippen molar-refractivity contribution < 1.29 is 4.70 Å². The summed E-state index contributed by atoms with van der Waals surface area (Å²) < 4.78 is 0. The number of hydrogen-bond donors (Lipinski definition) is 0. The average molecular weight is 219 g/mol. The Bertz CT molecular complexity index is 77.3. The lowest BCUT2D eigenvalue weighted by atomic mass is 10.4. The molecule has 0 aliphatic carbocycles. The van der Waals surface area contributed by atoms with Gasteiger partial charge in [-0.05, 0) is 0 Å². The Kier molecular flexibility index (Phi) is 15.6. The highest BCUT2D eigenvalue weighted by Crippen LogP contribution is 2.16. The first-order valence-corrected chi connectivity index (χ1v) is 8.30. The smallest absolute Gasteiger partial charge is 0.0479 e. The summed E-state index contributed by atoms with van der Waals surface area (Å²) in [7, 11) is 0.0675. The largest absolute Gasteiger partial charge is 0.269 e. The molecule has 0 aromatic carbocycles. The Balaban J connectivity index is 0. The Morgan fingerprint density at radius 1 is 0.643 bits per heavy atom. The molecule has 0 amide bonds. The molecular formula is C12H28FSi. The zero-order valence-corrected chi connectivity index (χ0v) is 11.3. The fourth-order valence-electron chi connectivity index (χ4n) is 1.66. The van der Waals surface area contributed by atoms with Gasteiger partial charge in [-0.3, -0.25) is 4.70 Å². The van der Waals surface area contributed by atoms with E-state index in [4.69, 9.17) is 0 Å². The SMILES string of the molecule is CCCC[Si](CCCC)CCCC.F. The molecule has 14 heavy (non-hydrogen) atoms. The van der Waals surface area contributed by atoms with Crippen LogP contribution >= 0.6 is 0 Å². The van der Waals surface area contributed by atoms with Crippen molar-refractivity contribution in [2.24, 2.45) is 0 Å². The molecular weight excluding hydrogens is 191 g/mol. The molecule has 0 unspecified atom stereocenters. The third-order valence-corrected chi connectivity index (χ3v) is 5.83. The topological polar surface area (TPSA) is 0 Å². The third-order valence-electron chi connectivity index (χ3n) is 2.65. The van der Waals surface area contributed by atoms with Crippen LogP contribution in [0.3, 0.4) is 0 Å². The quantitative estimate of drug-likeness (QED) is 0.477. The first kappa shape index (κ1) is 16.6. The van der Waals surface area contributed by atoms with Gasteiger partial charge in [-0.25, -0.2) is 0 Å². The molecule has 0 atom stereocenters. The van der Waals surface area contributed by atoms with Crippen LogP contribution in [-0.2, 0) is 0 Å². The minimum atomic E-state index is 0. The minimum absolute atomic E-state index is 0. The predicted octanol–water partition coefficient (Wildman–Crippen LogP) is 5.03. The van der Waals surface area contributed by atoms with Crippen LogP contribution in [0.4, 0.5) is 4.70 Å². The van der Waals surface area contributed by atoms with E-state index in [-0.39, 0.29) is 13.5 Å². The molecule has 87 valence electrons. The number of unbranched alkanes of at least 4 members (excludes halogenated alkanes) is 3. The molecule has 0 aromatic heterocycles. The second kappa shape index (κ2) is 13.1. The molecule has 0 spiro atoms. The van der Waals surface area contributed by atoms with Gasteiger partial charge in [0.1, 0.15) is 0 Å². The predicted molar refractivity (Wildman–Crippen MR) is 67.4 cm³/mol. The van der Waals surface area contributed by atoms with E-state index in [1.807, 2.05) is 0 Å². The van der Waals surface area contributed by atoms with E-state index < -0.39 is 0 Å². The van der Waals surface area contributed by atoms with Gasteiger partial charge in [-0.2, -0.15) is 0 Å². The van der Waals surface area contributed by atoms with Crippen LogP contribution in [0.5, 0.6) is 0 Å². The lowest BCUT2D eigenvalue weighted by Crippen LogP contribution is -2.11. The summed E-state index contributed by atoms with van der Waals surface area (Å²) in [4.78, 5) is 0. The van der Waals surface area contributed by atoms with Gasteiger partial charge in [0.25, 0.3) is 0 Å². The molecule has 0 saturated heterocycles. The number of halogens is 1. The van der Waals surface area contributed by atoms with E-state index in [1.54, 1.807) is 18.1 Å². The van der Waals surface area contributed by atoms with Gasteiger partial charge < -0.3 is 0 Å². The van der Waals surface area contributed by atoms with Crippen molar-refractivity contribution in [3.8, 4) is 0 Å². The first-order chi connectivity index (χ1) is 6.35. The summed E-state index contributed by atoms with van der Waals surface area (Å²) in [6.45, 7) is 6.96. The van der Waals surface area contributed by atoms with E-state index in [2.05, 4.69) is 20.8 Å². The molecule has 0 heterocycles. The van der Waals surface area contributed by atoms with E-state index in [1.165, 1.54) is 38.5 Å². The van der Waals surface area contributed by atoms with Gasteiger partial charge in [0.15, 0.2) is 0 Å². The van der Waals surface area contributed by atoms with Gasteiger partial charge in [-0.1, -0.05) is 77.4 Å². The minimum Gasteiger partial charge on any atom is -0.269 e. The third kappa shape index (κ3) is 10.2. The van der Waals surface area contributed by atoms with Gasteiger partial charge in [0, 0.05) is 8.80 Å². The normalized spacial score (nSPS) is 10.3. The maximum absolute atomic E-state index is 2.32. The second-order valence-electron chi connectivity index (χ2n) is 4.06. The van der Waals surface area contributed by atoms with Crippen LogP contribution < -0.4 is 0 Å². The van der Waals surface area contributed by atoms with Crippen LogP contribution in [0.15, 0.2) is 0 Å². The molecule has 0 N–H and O–H groups in total. The molecule has 0 aliphatic rings. The Labute approximate surface area is 91.5 Å². The maximum Gasteiger partial charge on any atom is 0.0479 e. The molecule has 0 nitrogen and oxygen atoms in total. The summed E-state index contributed by atoms with van der Waals surface area (Å²) in [5.41, 5.74) is 0. The zero-order valence-electron chi connectivity index (χ0n) is 10.3. The van der Waals surface area contributed by atoms with E-state index in [9.17, 15) is 0 Å². The highest BCUT2D eigenvalue weighted by molar-refractivity contribution is 6.58. The lowest BCUT2D eigenvalue weighted by molar-refractivity contribution is 0.812. The molecule has 0 saturated carbocycles. The Morgan fingerprint density at radius 3 is 1.14 bits per heavy atom. The fourth-order valence-corrected chi connectivity index (χ4v) is 4.97. The molecule has 2 heteroatoms. The highest BCUT2D eigenvalue weighted by Gasteiger charge is 2.08. The maximum atomic E-state index is 2.32. The molecule has 1 radical (unpaired) electrons. The Hall–Kier alpha value is 0.147. The standard InChI is InChI=1S/C12H27Si.FH/c1-4-7-10-13(11-8-5-2)12-9-6-3;/h4-12H2,1-3H3;1H.